The van der Waals surface area contributed by atoms with Gasteiger partial charge in [0, 0.05) is 42.0 Å². The number of rotatable bonds is 6. The molecule has 1 aliphatic heterocycles. The molecule has 0 fully saturated rings. The van der Waals surface area contributed by atoms with Crippen LogP contribution in [-0.2, 0) is 11.3 Å². The van der Waals surface area contributed by atoms with Crippen LogP contribution >= 0.6 is 0 Å². The molecule has 8 nitrogen and oxygen atoms in total. The Morgan fingerprint density at radius 2 is 1.97 bits per heavy atom. The Labute approximate surface area is 175 Å². The van der Waals surface area contributed by atoms with Crippen molar-refractivity contribution in [2.45, 2.75) is 39.8 Å². The summed E-state index contributed by atoms with van der Waals surface area (Å²) in [6.07, 6.45) is 0.323. The molecule has 3 rings (SSSR count). The minimum absolute atomic E-state index is 0.0525. The van der Waals surface area contributed by atoms with Crippen LogP contribution in [-0.4, -0.2) is 34.3 Å². The molecule has 1 atom stereocenters. The van der Waals surface area contributed by atoms with Crippen LogP contribution < -0.4 is 10.1 Å². The molecular formula is C22H25N3O5. The standard InChI is InChI=1S/C22H25N3O5/c1-14(2)10-11-24-13-17-12-18(6-9-20(17)30-15(3)22(24)27)23-21(26)16-4-7-19(8-5-16)25(28)29/h4-9,12,14-15H,10-11,13H2,1-3H3,(H,23,26)/t15-/m1/s1. The lowest BCUT2D eigenvalue weighted by atomic mass is 10.1. The van der Waals surface area contributed by atoms with E-state index in [4.69, 9.17) is 4.74 Å². The number of amides is 2. The van der Waals surface area contributed by atoms with E-state index in [0.29, 0.717) is 36.0 Å². The predicted octanol–water partition coefficient (Wildman–Crippen LogP) is 4.00. The number of non-ortho nitro benzene ring substituents is 1. The molecular weight excluding hydrogens is 386 g/mol. The topological polar surface area (TPSA) is 102 Å². The van der Waals surface area contributed by atoms with Crippen LogP contribution in [0.2, 0.25) is 0 Å². The van der Waals surface area contributed by atoms with E-state index in [1.807, 2.05) is 0 Å². The van der Waals surface area contributed by atoms with Crippen LogP contribution in [0.25, 0.3) is 0 Å². The lowest BCUT2D eigenvalue weighted by Gasteiger charge is -2.23. The molecule has 0 aliphatic carbocycles. The summed E-state index contributed by atoms with van der Waals surface area (Å²) in [6, 6.07) is 10.7. The maximum Gasteiger partial charge on any atom is 0.269 e. The first-order valence-electron chi connectivity index (χ1n) is 9.88. The molecule has 8 heteroatoms. The fourth-order valence-corrected chi connectivity index (χ4v) is 3.22. The van der Waals surface area contributed by atoms with E-state index < -0.39 is 11.0 Å². The quantitative estimate of drug-likeness (QED) is 0.572. The highest BCUT2D eigenvalue weighted by atomic mass is 16.6. The second-order valence-electron chi connectivity index (χ2n) is 7.78. The minimum atomic E-state index is -0.570. The van der Waals surface area contributed by atoms with Gasteiger partial charge in [-0.1, -0.05) is 13.8 Å². The number of anilines is 1. The van der Waals surface area contributed by atoms with Crippen molar-refractivity contribution in [3.8, 4) is 5.75 Å². The molecule has 0 aromatic heterocycles. The monoisotopic (exact) mass is 411 g/mol. The Balaban J connectivity index is 1.77. The number of nitrogens with zero attached hydrogens (tertiary/aromatic N) is 2. The first kappa shape index (κ1) is 21.3. The number of hydrogen-bond donors (Lipinski definition) is 1. The number of nitro groups is 1. The van der Waals surface area contributed by atoms with Crippen LogP contribution in [0.5, 0.6) is 5.75 Å². The summed E-state index contributed by atoms with van der Waals surface area (Å²) in [5.41, 5.74) is 1.62. The van der Waals surface area contributed by atoms with Crippen LogP contribution in [0.4, 0.5) is 11.4 Å². The van der Waals surface area contributed by atoms with Crippen molar-refractivity contribution in [3.63, 3.8) is 0 Å². The van der Waals surface area contributed by atoms with Gasteiger partial charge in [-0.25, -0.2) is 0 Å². The average molecular weight is 411 g/mol. The third-order valence-corrected chi connectivity index (χ3v) is 4.96. The number of hydrogen-bond acceptors (Lipinski definition) is 5. The molecule has 2 amide bonds. The van der Waals surface area contributed by atoms with Gasteiger partial charge < -0.3 is 15.0 Å². The van der Waals surface area contributed by atoms with Crippen molar-refractivity contribution >= 4 is 23.2 Å². The van der Waals surface area contributed by atoms with Gasteiger partial charge in [0.1, 0.15) is 5.75 Å². The van der Waals surface area contributed by atoms with Crippen molar-refractivity contribution in [1.29, 1.82) is 0 Å². The second kappa shape index (κ2) is 8.94. The van der Waals surface area contributed by atoms with Crippen LogP contribution in [0, 0.1) is 16.0 Å². The zero-order chi connectivity index (χ0) is 21.8. The van der Waals surface area contributed by atoms with Crippen LogP contribution in [0.1, 0.15) is 43.1 Å². The Morgan fingerprint density at radius 3 is 2.60 bits per heavy atom. The summed E-state index contributed by atoms with van der Waals surface area (Å²) >= 11 is 0. The summed E-state index contributed by atoms with van der Waals surface area (Å²) in [7, 11) is 0. The second-order valence-corrected chi connectivity index (χ2v) is 7.78. The van der Waals surface area contributed by atoms with Crippen molar-refractivity contribution in [2.24, 2.45) is 5.92 Å². The van der Waals surface area contributed by atoms with E-state index in [1.54, 1.807) is 30.0 Å². The summed E-state index contributed by atoms with van der Waals surface area (Å²) in [4.78, 5) is 37.2. The summed E-state index contributed by atoms with van der Waals surface area (Å²) in [5, 5.41) is 13.6. The van der Waals surface area contributed by atoms with E-state index in [0.717, 1.165) is 12.0 Å². The van der Waals surface area contributed by atoms with Gasteiger partial charge in [0.15, 0.2) is 6.10 Å². The largest absolute Gasteiger partial charge is 0.481 e. The Bertz CT molecular complexity index is 956. The maximum atomic E-state index is 12.6. The number of carbonyl (C=O) groups excluding carboxylic acids is 2. The molecule has 1 heterocycles. The third-order valence-electron chi connectivity index (χ3n) is 4.96. The van der Waals surface area contributed by atoms with E-state index in [1.165, 1.54) is 24.3 Å². The number of nitro benzene ring substituents is 1. The zero-order valence-corrected chi connectivity index (χ0v) is 17.3. The average Bonchev–Trinajstić information content (AvgIpc) is 2.82. The first-order valence-corrected chi connectivity index (χ1v) is 9.88. The van der Waals surface area contributed by atoms with E-state index in [2.05, 4.69) is 19.2 Å². The molecule has 0 spiro atoms. The zero-order valence-electron chi connectivity index (χ0n) is 17.3. The predicted molar refractivity (Wildman–Crippen MR) is 112 cm³/mol. The van der Waals surface area contributed by atoms with Gasteiger partial charge >= 0.3 is 0 Å². The molecule has 0 radical (unpaired) electrons. The first-order chi connectivity index (χ1) is 14.2. The Morgan fingerprint density at radius 1 is 1.27 bits per heavy atom. The van der Waals surface area contributed by atoms with Crippen molar-refractivity contribution < 1.29 is 19.2 Å². The lowest BCUT2D eigenvalue weighted by molar-refractivity contribution is -0.384. The van der Waals surface area contributed by atoms with E-state index >= 15 is 0 Å². The summed E-state index contributed by atoms with van der Waals surface area (Å²) < 4.78 is 5.82. The fourth-order valence-electron chi connectivity index (χ4n) is 3.22. The van der Waals surface area contributed by atoms with Gasteiger partial charge in [0.05, 0.1) is 4.92 Å². The van der Waals surface area contributed by atoms with Gasteiger partial charge in [-0.15, -0.1) is 0 Å². The number of ether oxygens (including phenoxy) is 1. The van der Waals surface area contributed by atoms with Gasteiger partial charge in [0.25, 0.3) is 17.5 Å². The van der Waals surface area contributed by atoms with E-state index in [9.17, 15) is 19.7 Å². The summed E-state index contributed by atoms with van der Waals surface area (Å²) in [6.45, 7) is 7.02. The third kappa shape index (κ3) is 4.94. The summed E-state index contributed by atoms with van der Waals surface area (Å²) in [5.74, 6) is 0.670. The normalized spacial score (nSPS) is 15.9. The number of carbonyl (C=O) groups is 2. The molecule has 1 N–H and O–H groups in total. The molecule has 2 aromatic rings. The molecule has 0 bridgehead atoms. The fraction of sp³-hybridized carbons (Fsp3) is 0.364. The number of nitrogens with one attached hydrogen (secondary N) is 1. The Hall–Kier alpha value is -3.42. The lowest BCUT2D eigenvalue weighted by Crippen LogP contribution is -2.38. The molecule has 0 saturated heterocycles. The van der Waals surface area contributed by atoms with Crippen molar-refractivity contribution in [1.82, 2.24) is 4.90 Å². The molecule has 30 heavy (non-hydrogen) atoms. The molecule has 1 aliphatic rings. The minimum Gasteiger partial charge on any atom is -0.481 e. The van der Waals surface area contributed by atoms with Gasteiger partial charge in [-0.05, 0) is 49.6 Å². The molecule has 0 saturated carbocycles. The van der Waals surface area contributed by atoms with Gasteiger partial charge in [-0.3, -0.25) is 19.7 Å². The van der Waals surface area contributed by atoms with Crippen LogP contribution in [0.15, 0.2) is 42.5 Å². The Kier molecular flexibility index (Phi) is 6.34. The smallest absolute Gasteiger partial charge is 0.269 e. The molecule has 2 aromatic carbocycles. The van der Waals surface area contributed by atoms with E-state index in [-0.39, 0.29) is 17.5 Å². The van der Waals surface area contributed by atoms with Crippen molar-refractivity contribution in [3.05, 3.63) is 63.7 Å². The van der Waals surface area contributed by atoms with Crippen molar-refractivity contribution in [2.75, 3.05) is 11.9 Å². The molecule has 158 valence electrons. The van der Waals surface area contributed by atoms with Crippen LogP contribution in [0.3, 0.4) is 0 Å². The number of benzene rings is 2. The van der Waals surface area contributed by atoms with Gasteiger partial charge in [0.2, 0.25) is 0 Å². The highest BCUT2D eigenvalue weighted by Crippen LogP contribution is 2.29. The highest BCUT2D eigenvalue weighted by molar-refractivity contribution is 6.04. The highest BCUT2D eigenvalue weighted by Gasteiger charge is 2.28. The molecule has 0 unspecified atom stereocenters. The van der Waals surface area contributed by atoms with Gasteiger partial charge in [-0.2, -0.15) is 0 Å². The SMILES string of the molecule is CC(C)CCN1Cc2cc(NC(=O)c3ccc([N+](=O)[O-])cc3)ccc2O[C@H](C)C1=O. The number of fused-ring (bicyclic) bond motifs is 1. The maximum absolute atomic E-state index is 12.6.